The molecule has 0 radical (unpaired) electrons. The summed E-state index contributed by atoms with van der Waals surface area (Å²) < 4.78 is 0. The van der Waals surface area contributed by atoms with Crippen LogP contribution in [0, 0.1) is 18.8 Å². The van der Waals surface area contributed by atoms with Gasteiger partial charge in [-0.1, -0.05) is 13.8 Å². The van der Waals surface area contributed by atoms with Crippen molar-refractivity contribution < 1.29 is 4.79 Å². The zero-order chi connectivity index (χ0) is 15.4. The van der Waals surface area contributed by atoms with Crippen LogP contribution in [0.5, 0.6) is 0 Å². The second-order valence-electron chi connectivity index (χ2n) is 6.41. The Balaban J connectivity index is 1.83. The van der Waals surface area contributed by atoms with E-state index in [1.54, 1.807) is 6.92 Å². The van der Waals surface area contributed by atoms with Gasteiger partial charge in [0.15, 0.2) is 5.43 Å². The van der Waals surface area contributed by atoms with Gasteiger partial charge in [0, 0.05) is 37.6 Å². The molecule has 1 aliphatic heterocycles. The monoisotopic (exact) mass is 291 g/mol. The van der Waals surface area contributed by atoms with Gasteiger partial charge >= 0.3 is 0 Å². The molecule has 0 aliphatic carbocycles. The van der Waals surface area contributed by atoms with Gasteiger partial charge in [-0.2, -0.15) is 0 Å². The molecule has 116 valence electrons. The summed E-state index contributed by atoms with van der Waals surface area (Å²) in [6, 6.07) is 1.45. The lowest BCUT2D eigenvalue weighted by Crippen LogP contribution is -2.34. The lowest BCUT2D eigenvalue weighted by molar-refractivity contribution is 0.0946. The second-order valence-corrected chi connectivity index (χ2v) is 6.41. The normalized spacial score (nSPS) is 19.1. The number of aryl methyl sites for hydroxylation is 1. The van der Waals surface area contributed by atoms with Crippen LogP contribution < -0.4 is 10.7 Å². The Hall–Kier alpha value is -1.62. The zero-order valence-corrected chi connectivity index (χ0v) is 13.1. The van der Waals surface area contributed by atoms with Crippen LogP contribution in [0.25, 0.3) is 0 Å². The van der Waals surface area contributed by atoms with Gasteiger partial charge in [-0.05, 0) is 31.7 Å². The van der Waals surface area contributed by atoms with E-state index >= 15 is 0 Å². The molecule has 1 atom stereocenters. The Morgan fingerprint density at radius 1 is 1.52 bits per heavy atom. The molecule has 0 aromatic carbocycles. The van der Waals surface area contributed by atoms with Crippen molar-refractivity contribution in [3.63, 3.8) is 0 Å². The van der Waals surface area contributed by atoms with Gasteiger partial charge < -0.3 is 15.2 Å². The summed E-state index contributed by atoms with van der Waals surface area (Å²) >= 11 is 0. The van der Waals surface area contributed by atoms with Crippen LogP contribution in [0.1, 0.15) is 36.3 Å². The molecule has 1 fully saturated rings. The van der Waals surface area contributed by atoms with E-state index in [2.05, 4.69) is 29.0 Å². The molecule has 1 aromatic rings. The lowest BCUT2D eigenvalue weighted by Gasteiger charge is -2.18. The van der Waals surface area contributed by atoms with Gasteiger partial charge in [0.25, 0.3) is 5.91 Å². The minimum atomic E-state index is -0.279. The van der Waals surface area contributed by atoms with Crippen molar-refractivity contribution in [2.24, 2.45) is 11.8 Å². The summed E-state index contributed by atoms with van der Waals surface area (Å²) in [6.45, 7) is 10.1. The Morgan fingerprint density at radius 3 is 2.95 bits per heavy atom. The lowest BCUT2D eigenvalue weighted by atomic mass is 10.1. The Morgan fingerprint density at radius 2 is 2.29 bits per heavy atom. The maximum absolute atomic E-state index is 12.0. The fourth-order valence-electron chi connectivity index (χ4n) is 2.84. The highest BCUT2D eigenvalue weighted by Gasteiger charge is 2.23. The molecule has 0 spiro atoms. The number of carbonyl (C=O) groups is 1. The minimum Gasteiger partial charge on any atom is -0.364 e. The maximum atomic E-state index is 12.0. The molecule has 5 heteroatoms. The molecule has 1 saturated heterocycles. The second kappa shape index (κ2) is 6.89. The van der Waals surface area contributed by atoms with E-state index < -0.39 is 0 Å². The molecule has 1 amide bonds. The summed E-state index contributed by atoms with van der Waals surface area (Å²) in [5.74, 6) is 0.875. The SMILES string of the molecule is Cc1cc(=O)c(C(=O)NC[C@H]2CCN(CC(C)C)C2)c[nH]1. The van der Waals surface area contributed by atoms with E-state index in [0.717, 1.165) is 31.7 Å². The quantitative estimate of drug-likeness (QED) is 0.861. The molecule has 2 heterocycles. The van der Waals surface area contributed by atoms with E-state index in [0.29, 0.717) is 18.4 Å². The van der Waals surface area contributed by atoms with Gasteiger partial charge in [0.2, 0.25) is 0 Å². The predicted octanol–water partition coefficient (Wildman–Crippen LogP) is 1.39. The first-order valence-electron chi connectivity index (χ1n) is 7.65. The van der Waals surface area contributed by atoms with Gasteiger partial charge in [-0.15, -0.1) is 0 Å². The first-order chi connectivity index (χ1) is 9.95. The number of rotatable bonds is 5. The standard InChI is InChI=1S/C16H25N3O2/c1-11(2)9-19-5-4-13(10-19)7-18-16(21)14-8-17-12(3)6-15(14)20/h6,8,11,13H,4-5,7,9-10H2,1-3H3,(H,17,20)(H,18,21)/t13-/m1/s1. The van der Waals surface area contributed by atoms with Crippen molar-refractivity contribution in [3.05, 3.63) is 33.7 Å². The molecule has 0 saturated carbocycles. The van der Waals surface area contributed by atoms with Crippen molar-refractivity contribution in [3.8, 4) is 0 Å². The number of amides is 1. The molecule has 2 rings (SSSR count). The first kappa shape index (κ1) is 15.8. The fraction of sp³-hybridized carbons (Fsp3) is 0.625. The molecule has 2 N–H and O–H groups in total. The highest BCUT2D eigenvalue weighted by Crippen LogP contribution is 2.16. The van der Waals surface area contributed by atoms with Crippen molar-refractivity contribution in [1.82, 2.24) is 15.2 Å². The first-order valence-corrected chi connectivity index (χ1v) is 7.65. The summed E-state index contributed by atoms with van der Waals surface area (Å²) in [6.07, 6.45) is 2.60. The van der Waals surface area contributed by atoms with E-state index in [9.17, 15) is 9.59 Å². The van der Waals surface area contributed by atoms with Crippen molar-refractivity contribution >= 4 is 5.91 Å². The topological polar surface area (TPSA) is 65.2 Å². The third-order valence-electron chi connectivity index (χ3n) is 3.85. The number of hydrogen-bond donors (Lipinski definition) is 2. The zero-order valence-electron chi connectivity index (χ0n) is 13.1. The highest BCUT2D eigenvalue weighted by atomic mass is 16.2. The largest absolute Gasteiger partial charge is 0.364 e. The number of pyridine rings is 1. The van der Waals surface area contributed by atoms with Crippen LogP contribution in [-0.4, -0.2) is 42.0 Å². The summed E-state index contributed by atoms with van der Waals surface area (Å²) in [7, 11) is 0. The van der Waals surface area contributed by atoms with Crippen LogP contribution in [-0.2, 0) is 0 Å². The van der Waals surface area contributed by atoms with Crippen LogP contribution in [0.4, 0.5) is 0 Å². The summed E-state index contributed by atoms with van der Waals surface area (Å²) in [5.41, 5.74) is 0.728. The van der Waals surface area contributed by atoms with Crippen LogP contribution >= 0.6 is 0 Å². The number of nitrogens with one attached hydrogen (secondary N) is 2. The predicted molar refractivity (Wildman–Crippen MR) is 83.5 cm³/mol. The average Bonchev–Trinajstić information content (AvgIpc) is 2.82. The van der Waals surface area contributed by atoms with Crippen LogP contribution in [0.3, 0.4) is 0 Å². The van der Waals surface area contributed by atoms with E-state index in [4.69, 9.17) is 0 Å². The van der Waals surface area contributed by atoms with Gasteiger partial charge in [-0.3, -0.25) is 9.59 Å². The molecule has 0 bridgehead atoms. The Bertz CT molecular complexity index is 551. The van der Waals surface area contributed by atoms with Crippen LogP contribution in [0.2, 0.25) is 0 Å². The minimum absolute atomic E-state index is 0.192. The van der Waals surface area contributed by atoms with E-state index in [1.165, 1.54) is 12.3 Å². The molecule has 21 heavy (non-hydrogen) atoms. The molecular weight excluding hydrogens is 266 g/mol. The van der Waals surface area contributed by atoms with Gasteiger partial charge in [0.1, 0.15) is 5.56 Å². The average molecular weight is 291 g/mol. The molecule has 5 nitrogen and oxygen atoms in total. The number of H-pyrrole nitrogens is 1. The van der Waals surface area contributed by atoms with Crippen molar-refractivity contribution in [2.45, 2.75) is 27.2 Å². The van der Waals surface area contributed by atoms with E-state index in [-0.39, 0.29) is 16.9 Å². The third kappa shape index (κ3) is 4.43. The van der Waals surface area contributed by atoms with Crippen molar-refractivity contribution in [1.29, 1.82) is 0 Å². The maximum Gasteiger partial charge on any atom is 0.256 e. The number of hydrogen-bond acceptors (Lipinski definition) is 3. The van der Waals surface area contributed by atoms with Crippen LogP contribution in [0.15, 0.2) is 17.1 Å². The Kier molecular flexibility index (Phi) is 5.17. The Labute approximate surface area is 125 Å². The number of carbonyl (C=O) groups excluding carboxylic acids is 1. The highest BCUT2D eigenvalue weighted by molar-refractivity contribution is 5.93. The molecule has 1 aromatic heterocycles. The number of nitrogens with zero attached hydrogens (tertiary/aromatic N) is 1. The van der Waals surface area contributed by atoms with Crippen molar-refractivity contribution in [2.75, 3.05) is 26.2 Å². The molecule has 1 aliphatic rings. The molecular formula is C16H25N3O2. The summed E-state index contributed by atoms with van der Waals surface area (Å²) in [5, 5.41) is 2.89. The fourth-order valence-corrected chi connectivity index (χ4v) is 2.84. The summed E-state index contributed by atoms with van der Waals surface area (Å²) in [4.78, 5) is 29.2. The smallest absolute Gasteiger partial charge is 0.256 e. The number of aromatic nitrogens is 1. The third-order valence-corrected chi connectivity index (χ3v) is 3.85. The number of aromatic amines is 1. The molecule has 0 unspecified atom stereocenters. The number of likely N-dealkylation sites (tertiary alicyclic amines) is 1. The van der Waals surface area contributed by atoms with Gasteiger partial charge in [-0.25, -0.2) is 0 Å². The van der Waals surface area contributed by atoms with E-state index in [1.807, 2.05) is 0 Å². The van der Waals surface area contributed by atoms with Gasteiger partial charge in [0.05, 0.1) is 0 Å².